The second-order valence-corrected chi connectivity index (χ2v) is 7.98. The normalized spacial score (nSPS) is 14.2. The monoisotopic (exact) mass is 430 g/mol. The van der Waals surface area contributed by atoms with E-state index in [9.17, 15) is 14.4 Å². The Bertz CT molecular complexity index is 1270. The summed E-state index contributed by atoms with van der Waals surface area (Å²) in [6, 6.07) is 19.5. The van der Waals surface area contributed by atoms with E-state index >= 15 is 0 Å². The first-order chi connectivity index (χ1) is 15.5. The molecule has 0 saturated heterocycles. The number of nitrogens with two attached hydrogens (primary N) is 1. The lowest BCUT2D eigenvalue weighted by atomic mass is 9.99. The van der Waals surface area contributed by atoms with E-state index in [1.54, 1.807) is 0 Å². The predicted molar refractivity (Wildman–Crippen MR) is 126 cm³/mol. The van der Waals surface area contributed by atoms with E-state index in [4.69, 9.17) is 5.73 Å². The van der Waals surface area contributed by atoms with Crippen LogP contribution in [-0.4, -0.2) is 39.5 Å². The van der Waals surface area contributed by atoms with Gasteiger partial charge in [0.15, 0.2) is 5.78 Å². The largest absolute Gasteiger partial charge is 0.384 e. The molecule has 1 aromatic heterocycles. The molecular formula is C25H26N4O3. The van der Waals surface area contributed by atoms with Gasteiger partial charge >= 0.3 is 5.69 Å². The van der Waals surface area contributed by atoms with Crippen molar-refractivity contribution in [2.24, 2.45) is 7.05 Å². The molecule has 7 heteroatoms. The number of hydrogen-bond acceptors (Lipinski definition) is 5. The Labute approximate surface area is 186 Å². The molecule has 2 heterocycles. The van der Waals surface area contributed by atoms with Crippen LogP contribution in [0.3, 0.4) is 0 Å². The van der Waals surface area contributed by atoms with Crippen LogP contribution >= 0.6 is 0 Å². The van der Waals surface area contributed by atoms with Gasteiger partial charge in [-0.1, -0.05) is 66.7 Å². The van der Waals surface area contributed by atoms with Crippen molar-refractivity contribution in [1.82, 2.24) is 14.0 Å². The van der Waals surface area contributed by atoms with Crippen LogP contribution in [0.2, 0.25) is 0 Å². The van der Waals surface area contributed by atoms with Gasteiger partial charge in [0.05, 0.1) is 13.1 Å². The highest BCUT2D eigenvalue weighted by Crippen LogP contribution is 2.22. The minimum atomic E-state index is -0.653. The van der Waals surface area contributed by atoms with E-state index in [2.05, 4.69) is 18.2 Å². The summed E-state index contributed by atoms with van der Waals surface area (Å²) in [6.07, 6.45) is 2.93. The number of nitrogens with zero attached hydrogens (tertiary/aromatic N) is 3. The van der Waals surface area contributed by atoms with Crippen LogP contribution in [0, 0.1) is 0 Å². The third-order valence-corrected chi connectivity index (χ3v) is 5.85. The average Bonchev–Trinajstić information content (AvgIpc) is 2.82. The molecule has 4 rings (SSSR count). The van der Waals surface area contributed by atoms with Gasteiger partial charge in [-0.15, -0.1) is 0 Å². The Morgan fingerprint density at radius 2 is 1.66 bits per heavy atom. The number of hydrogen-bond donors (Lipinski definition) is 1. The summed E-state index contributed by atoms with van der Waals surface area (Å²) < 4.78 is 2.24. The Kier molecular flexibility index (Phi) is 6.18. The molecule has 1 aliphatic rings. The van der Waals surface area contributed by atoms with Crippen molar-refractivity contribution >= 4 is 17.2 Å². The van der Waals surface area contributed by atoms with Crippen molar-refractivity contribution in [3.63, 3.8) is 0 Å². The van der Waals surface area contributed by atoms with Crippen LogP contribution in [0.25, 0.3) is 5.57 Å². The molecule has 0 aliphatic carbocycles. The van der Waals surface area contributed by atoms with E-state index < -0.39 is 11.2 Å². The fourth-order valence-electron chi connectivity index (χ4n) is 4.02. The molecular weight excluding hydrogens is 404 g/mol. The van der Waals surface area contributed by atoms with Crippen molar-refractivity contribution in [2.45, 2.75) is 13.0 Å². The number of rotatable bonds is 6. The molecule has 164 valence electrons. The summed E-state index contributed by atoms with van der Waals surface area (Å²) in [7, 11) is 1.37. The number of nitrogen functional groups attached to an aromatic ring is 1. The van der Waals surface area contributed by atoms with Gasteiger partial charge in [0.2, 0.25) is 0 Å². The molecule has 3 aromatic rings. The Balaban J connectivity index is 1.57. The number of carbonyl (C=O) groups excluding carboxylic acids is 1. The molecule has 0 amide bonds. The smallest absolute Gasteiger partial charge is 0.332 e. The van der Waals surface area contributed by atoms with Gasteiger partial charge in [-0.3, -0.25) is 23.6 Å². The van der Waals surface area contributed by atoms with E-state index in [-0.39, 0.29) is 30.3 Å². The topological polar surface area (TPSA) is 90.3 Å². The van der Waals surface area contributed by atoms with Crippen LogP contribution in [0.1, 0.15) is 27.9 Å². The highest BCUT2D eigenvalue weighted by Gasteiger charge is 2.24. The van der Waals surface area contributed by atoms with Crippen molar-refractivity contribution in [2.75, 3.05) is 25.4 Å². The molecule has 32 heavy (non-hydrogen) atoms. The maximum Gasteiger partial charge on any atom is 0.332 e. The number of carbonyl (C=O) groups is 1. The third-order valence-electron chi connectivity index (χ3n) is 5.85. The number of aromatic nitrogens is 2. The lowest BCUT2D eigenvalue weighted by Gasteiger charge is -2.26. The first-order valence-corrected chi connectivity index (χ1v) is 10.6. The maximum absolute atomic E-state index is 13.1. The SMILES string of the molecule is Cn1c(=O)c(C(=O)CN2CC=C(c3ccccc3)CC2)c(N)n(Cc2ccccc2)c1=O. The number of Topliss-reactive ketones (excluding diaryl/α,β-unsaturated/α-hetero) is 1. The number of ketones is 1. The first-order valence-electron chi connectivity index (χ1n) is 10.6. The van der Waals surface area contributed by atoms with Crippen molar-refractivity contribution in [1.29, 1.82) is 0 Å². The second kappa shape index (κ2) is 9.20. The minimum absolute atomic E-state index is 0.0710. The summed E-state index contributed by atoms with van der Waals surface area (Å²) in [5.74, 6) is -0.453. The Morgan fingerprint density at radius 1 is 1.00 bits per heavy atom. The van der Waals surface area contributed by atoms with Crippen molar-refractivity contribution in [3.8, 4) is 0 Å². The molecule has 1 aliphatic heterocycles. The van der Waals surface area contributed by atoms with Gasteiger partial charge in [0.1, 0.15) is 11.4 Å². The third kappa shape index (κ3) is 4.33. The molecule has 0 bridgehead atoms. The summed E-state index contributed by atoms with van der Waals surface area (Å²) in [5, 5.41) is 0. The second-order valence-electron chi connectivity index (χ2n) is 7.98. The van der Waals surface area contributed by atoms with Crippen molar-refractivity contribution in [3.05, 3.63) is 104 Å². The zero-order valence-corrected chi connectivity index (χ0v) is 18.0. The predicted octanol–water partition coefficient (Wildman–Crippen LogP) is 2.15. The Morgan fingerprint density at radius 3 is 2.28 bits per heavy atom. The van der Waals surface area contributed by atoms with E-state index in [1.807, 2.05) is 53.4 Å². The fraction of sp³-hybridized carbons (Fsp3) is 0.240. The summed E-state index contributed by atoms with van der Waals surface area (Å²) in [6.45, 7) is 1.57. The van der Waals surface area contributed by atoms with Crippen molar-refractivity contribution < 1.29 is 4.79 Å². The average molecular weight is 431 g/mol. The van der Waals surface area contributed by atoms with Gasteiger partial charge < -0.3 is 5.73 Å². The molecule has 0 saturated carbocycles. The fourth-order valence-corrected chi connectivity index (χ4v) is 4.02. The zero-order valence-electron chi connectivity index (χ0n) is 18.0. The summed E-state index contributed by atoms with van der Waals surface area (Å²) in [4.78, 5) is 40.5. The summed E-state index contributed by atoms with van der Waals surface area (Å²) >= 11 is 0. The molecule has 7 nitrogen and oxygen atoms in total. The standard InChI is InChI=1S/C25H26N4O3/c1-27-24(31)22(23(26)29(25(27)32)16-18-8-4-2-5-9-18)21(30)17-28-14-12-20(13-15-28)19-10-6-3-7-11-19/h2-12H,13-17,26H2,1H3. The van der Waals surface area contributed by atoms with Crippen LogP contribution in [0.15, 0.2) is 76.3 Å². The van der Waals surface area contributed by atoms with E-state index in [0.29, 0.717) is 13.1 Å². The molecule has 0 unspecified atom stereocenters. The van der Waals surface area contributed by atoms with Gasteiger partial charge in [0.25, 0.3) is 5.56 Å². The van der Waals surface area contributed by atoms with Gasteiger partial charge in [-0.2, -0.15) is 0 Å². The molecule has 0 spiro atoms. The van der Waals surface area contributed by atoms with Crippen LogP contribution in [-0.2, 0) is 13.6 Å². The lowest BCUT2D eigenvalue weighted by molar-refractivity contribution is 0.0935. The van der Waals surface area contributed by atoms with Gasteiger partial charge in [-0.05, 0) is 23.1 Å². The van der Waals surface area contributed by atoms with E-state index in [0.717, 1.165) is 16.6 Å². The highest BCUT2D eigenvalue weighted by atomic mass is 16.2. The minimum Gasteiger partial charge on any atom is -0.384 e. The Hall–Kier alpha value is -3.71. The molecule has 2 aromatic carbocycles. The van der Waals surface area contributed by atoms with Crippen LogP contribution < -0.4 is 17.0 Å². The van der Waals surface area contributed by atoms with E-state index in [1.165, 1.54) is 22.8 Å². The molecule has 2 N–H and O–H groups in total. The number of benzene rings is 2. The van der Waals surface area contributed by atoms with Crippen LogP contribution in [0.4, 0.5) is 5.82 Å². The summed E-state index contributed by atoms with van der Waals surface area (Å²) in [5.41, 5.74) is 8.18. The molecule has 0 radical (unpaired) electrons. The van der Waals surface area contributed by atoms with Gasteiger partial charge in [0, 0.05) is 20.1 Å². The first kappa shape index (κ1) is 21.5. The molecule has 0 fully saturated rings. The number of anilines is 1. The van der Waals surface area contributed by atoms with Crippen LogP contribution in [0.5, 0.6) is 0 Å². The lowest BCUT2D eigenvalue weighted by Crippen LogP contribution is -2.44. The zero-order chi connectivity index (χ0) is 22.7. The maximum atomic E-state index is 13.1. The highest BCUT2D eigenvalue weighted by molar-refractivity contribution is 6.01. The molecule has 0 atom stereocenters. The quantitative estimate of drug-likeness (QED) is 0.605. The van der Waals surface area contributed by atoms with Gasteiger partial charge in [-0.25, -0.2) is 4.79 Å².